The molecule has 0 aromatic heterocycles. The molecule has 0 bridgehead atoms. The largest absolute Gasteiger partial charge is 0.468 e. The van der Waals surface area contributed by atoms with Crippen LogP contribution in [0.15, 0.2) is 0 Å². The molecule has 0 aromatic carbocycles. The summed E-state index contributed by atoms with van der Waals surface area (Å²) < 4.78 is 5.07. The summed E-state index contributed by atoms with van der Waals surface area (Å²) in [5, 5.41) is 3.56. The molecule has 2 atom stereocenters. The third-order valence-corrected chi connectivity index (χ3v) is 4.91. The van der Waals surface area contributed by atoms with E-state index in [1.54, 1.807) is 0 Å². The van der Waals surface area contributed by atoms with Gasteiger partial charge < -0.3 is 15.0 Å². The first-order valence-electron chi connectivity index (χ1n) is 7.31. The van der Waals surface area contributed by atoms with Gasteiger partial charge >= 0.3 is 5.97 Å². The zero-order valence-electron chi connectivity index (χ0n) is 11.3. The molecular formula is C14H24N2O2. The van der Waals surface area contributed by atoms with Crippen LogP contribution in [-0.4, -0.2) is 49.2 Å². The van der Waals surface area contributed by atoms with Gasteiger partial charge in [0, 0.05) is 12.6 Å². The Kier molecular flexibility index (Phi) is 3.32. The highest BCUT2D eigenvalue weighted by atomic mass is 16.5. The van der Waals surface area contributed by atoms with Gasteiger partial charge in [0.2, 0.25) is 0 Å². The van der Waals surface area contributed by atoms with E-state index in [4.69, 9.17) is 4.74 Å². The number of piperidine rings is 1. The summed E-state index contributed by atoms with van der Waals surface area (Å²) in [7, 11) is 1.52. The van der Waals surface area contributed by atoms with Crippen LogP contribution in [0.4, 0.5) is 0 Å². The standard InChI is InChI=1S/C14H24N2O2/c1-18-13(17)14(15-10-11-4-5-11)6-8-16-7-2-3-12(16)9-14/h11-12,15H,2-10H2,1H3. The van der Waals surface area contributed by atoms with Gasteiger partial charge in [0.15, 0.2) is 0 Å². The number of hydrogen-bond acceptors (Lipinski definition) is 4. The molecule has 18 heavy (non-hydrogen) atoms. The summed E-state index contributed by atoms with van der Waals surface area (Å²) in [6.07, 6.45) is 7.00. The highest BCUT2D eigenvalue weighted by Gasteiger charge is 2.47. The maximum absolute atomic E-state index is 12.2. The van der Waals surface area contributed by atoms with Gasteiger partial charge in [0.25, 0.3) is 0 Å². The number of methoxy groups -OCH3 is 1. The Labute approximate surface area is 109 Å². The zero-order chi connectivity index (χ0) is 12.6. The quantitative estimate of drug-likeness (QED) is 0.762. The summed E-state index contributed by atoms with van der Waals surface area (Å²) in [5.74, 6) is 0.753. The van der Waals surface area contributed by atoms with Crippen molar-refractivity contribution in [2.75, 3.05) is 26.7 Å². The lowest BCUT2D eigenvalue weighted by molar-refractivity contribution is -0.151. The minimum atomic E-state index is -0.400. The fourth-order valence-electron chi connectivity index (χ4n) is 3.53. The van der Waals surface area contributed by atoms with Gasteiger partial charge in [0.05, 0.1) is 7.11 Å². The predicted octanol–water partition coefficient (Wildman–Crippen LogP) is 1.16. The lowest BCUT2D eigenvalue weighted by atomic mass is 9.83. The molecule has 0 amide bonds. The molecule has 2 aliphatic heterocycles. The Balaban J connectivity index is 1.69. The number of carbonyl (C=O) groups excluding carboxylic acids is 1. The van der Waals surface area contributed by atoms with E-state index < -0.39 is 5.54 Å². The smallest absolute Gasteiger partial charge is 0.326 e. The van der Waals surface area contributed by atoms with Gasteiger partial charge in [-0.15, -0.1) is 0 Å². The third kappa shape index (κ3) is 2.28. The number of fused-ring (bicyclic) bond motifs is 1. The topological polar surface area (TPSA) is 41.6 Å². The third-order valence-electron chi connectivity index (χ3n) is 4.91. The van der Waals surface area contributed by atoms with Crippen LogP contribution < -0.4 is 5.32 Å². The molecule has 3 fully saturated rings. The van der Waals surface area contributed by atoms with Crippen LogP contribution >= 0.6 is 0 Å². The van der Waals surface area contributed by atoms with Crippen molar-refractivity contribution in [2.45, 2.75) is 50.1 Å². The molecule has 2 unspecified atom stereocenters. The second-order valence-electron chi connectivity index (χ2n) is 6.18. The van der Waals surface area contributed by atoms with Crippen LogP contribution in [0.2, 0.25) is 0 Å². The second-order valence-corrected chi connectivity index (χ2v) is 6.18. The van der Waals surface area contributed by atoms with E-state index in [2.05, 4.69) is 10.2 Å². The van der Waals surface area contributed by atoms with Crippen molar-refractivity contribution < 1.29 is 9.53 Å². The zero-order valence-corrected chi connectivity index (χ0v) is 11.3. The highest BCUT2D eigenvalue weighted by molar-refractivity contribution is 5.81. The average Bonchev–Trinajstić information content (AvgIpc) is 3.12. The maximum atomic E-state index is 12.2. The molecule has 2 heterocycles. The molecular weight excluding hydrogens is 228 g/mol. The summed E-state index contributed by atoms with van der Waals surface area (Å²) >= 11 is 0. The maximum Gasteiger partial charge on any atom is 0.326 e. The Bertz CT molecular complexity index is 330. The van der Waals surface area contributed by atoms with Crippen molar-refractivity contribution in [3.8, 4) is 0 Å². The average molecular weight is 252 g/mol. The first-order valence-corrected chi connectivity index (χ1v) is 7.31. The molecule has 2 saturated heterocycles. The number of ether oxygens (including phenoxy) is 1. The number of nitrogens with one attached hydrogen (secondary N) is 1. The highest BCUT2D eigenvalue weighted by Crippen LogP contribution is 2.35. The van der Waals surface area contributed by atoms with Gasteiger partial charge in [-0.05, 0) is 57.5 Å². The molecule has 3 rings (SSSR count). The van der Waals surface area contributed by atoms with Crippen LogP contribution in [0.25, 0.3) is 0 Å². The van der Waals surface area contributed by atoms with Crippen LogP contribution in [-0.2, 0) is 9.53 Å². The summed E-state index contributed by atoms with van der Waals surface area (Å²) in [4.78, 5) is 14.7. The summed E-state index contributed by atoms with van der Waals surface area (Å²) in [6.45, 7) is 3.24. The molecule has 0 aromatic rings. The van der Waals surface area contributed by atoms with E-state index in [0.29, 0.717) is 6.04 Å². The fourth-order valence-corrected chi connectivity index (χ4v) is 3.53. The van der Waals surface area contributed by atoms with E-state index in [1.165, 1.54) is 39.3 Å². The molecule has 0 radical (unpaired) electrons. The van der Waals surface area contributed by atoms with Crippen molar-refractivity contribution in [3.05, 3.63) is 0 Å². The lowest BCUT2D eigenvalue weighted by Gasteiger charge is -2.42. The van der Waals surface area contributed by atoms with E-state index in [0.717, 1.165) is 31.8 Å². The number of nitrogens with zero attached hydrogens (tertiary/aromatic N) is 1. The first-order chi connectivity index (χ1) is 8.73. The molecule has 1 N–H and O–H groups in total. The minimum absolute atomic E-state index is 0.0466. The van der Waals surface area contributed by atoms with Gasteiger partial charge in [-0.2, -0.15) is 0 Å². The van der Waals surface area contributed by atoms with Gasteiger partial charge in [0.1, 0.15) is 5.54 Å². The Morgan fingerprint density at radius 1 is 1.39 bits per heavy atom. The van der Waals surface area contributed by atoms with E-state index in [9.17, 15) is 4.79 Å². The monoisotopic (exact) mass is 252 g/mol. The fraction of sp³-hybridized carbons (Fsp3) is 0.929. The van der Waals surface area contributed by atoms with Gasteiger partial charge in [-0.1, -0.05) is 0 Å². The van der Waals surface area contributed by atoms with Gasteiger partial charge in [-0.3, -0.25) is 4.79 Å². The van der Waals surface area contributed by atoms with E-state index in [1.807, 2.05) is 0 Å². The lowest BCUT2D eigenvalue weighted by Crippen LogP contribution is -2.61. The number of esters is 1. The summed E-state index contributed by atoms with van der Waals surface area (Å²) in [5.41, 5.74) is -0.400. The molecule has 3 aliphatic rings. The van der Waals surface area contributed by atoms with E-state index in [-0.39, 0.29) is 5.97 Å². The number of hydrogen-bond donors (Lipinski definition) is 1. The van der Waals surface area contributed by atoms with Gasteiger partial charge in [-0.25, -0.2) is 0 Å². The Hall–Kier alpha value is -0.610. The van der Waals surface area contributed by atoms with Crippen molar-refractivity contribution in [3.63, 3.8) is 0 Å². The molecule has 0 spiro atoms. The van der Waals surface area contributed by atoms with Crippen molar-refractivity contribution in [2.24, 2.45) is 5.92 Å². The van der Waals surface area contributed by atoms with Crippen LogP contribution in [0.3, 0.4) is 0 Å². The molecule has 1 aliphatic carbocycles. The van der Waals surface area contributed by atoms with Crippen LogP contribution in [0.5, 0.6) is 0 Å². The SMILES string of the molecule is COC(=O)C1(NCC2CC2)CCN2CCCC2C1. The molecule has 4 heteroatoms. The van der Waals surface area contributed by atoms with Crippen molar-refractivity contribution in [1.82, 2.24) is 10.2 Å². The molecule has 1 saturated carbocycles. The van der Waals surface area contributed by atoms with Crippen molar-refractivity contribution in [1.29, 1.82) is 0 Å². The Morgan fingerprint density at radius 2 is 2.22 bits per heavy atom. The normalized spacial score (nSPS) is 36.4. The Morgan fingerprint density at radius 3 is 2.94 bits per heavy atom. The molecule has 4 nitrogen and oxygen atoms in total. The summed E-state index contributed by atoms with van der Waals surface area (Å²) in [6, 6.07) is 0.588. The first kappa shape index (κ1) is 12.4. The van der Waals surface area contributed by atoms with Crippen LogP contribution in [0, 0.1) is 5.92 Å². The number of carbonyl (C=O) groups is 1. The minimum Gasteiger partial charge on any atom is -0.468 e. The van der Waals surface area contributed by atoms with E-state index >= 15 is 0 Å². The number of rotatable bonds is 4. The second kappa shape index (κ2) is 4.82. The molecule has 102 valence electrons. The van der Waals surface area contributed by atoms with Crippen LogP contribution in [0.1, 0.15) is 38.5 Å². The predicted molar refractivity (Wildman–Crippen MR) is 69.3 cm³/mol. The van der Waals surface area contributed by atoms with Crippen molar-refractivity contribution >= 4 is 5.97 Å².